The normalized spacial score (nSPS) is 21.5. The van der Waals surface area contributed by atoms with E-state index in [2.05, 4.69) is 58.2 Å². The van der Waals surface area contributed by atoms with E-state index in [0.717, 1.165) is 25.0 Å². The van der Waals surface area contributed by atoms with Crippen LogP contribution in [0, 0.1) is 5.92 Å². The summed E-state index contributed by atoms with van der Waals surface area (Å²) in [4.78, 5) is 4.38. The molecule has 0 aromatic heterocycles. The molecule has 2 fully saturated rings. The lowest BCUT2D eigenvalue weighted by Crippen LogP contribution is -2.54. The minimum Gasteiger partial charge on any atom is -0.356 e. The number of nitrogens with zero attached hydrogens (tertiary/aromatic N) is 1. The SMILES string of the molecule is CN=C(NCC1CC1)NCC1(NC(C)c2ccccc2)CCCC1. The van der Waals surface area contributed by atoms with Crippen LogP contribution in [-0.4, -0.2) is 31.6 Å². The highest BCUT2D eigenvalue weighted by Crippen LogP contribution is 2.32. The molecule has 0 amide bonds. The van der Waals surface area contributed by atoms with E-state index in [0.29, 0.717) is 6.04 Å². The van der Waals surface area contributed by atoms with Crippen molar-refractivity contribution in [1.29, 1.82) is 0 Å². The van der Waals surface area contributed by atoms with Crippen LogP contribution in [0.25, 0.3) is 0 Å². The summed E-state index contributed by atoms with van der Waals surface area (Å²) in [5.41, 5.74) is 1.53. The Morgan fingerprint density at radius 1 is 1.17 bits per heavy atom. The number of guanidine groups is 1. The van der Waals surface area contributed by atoms with Gasteiger partial charge in [-0.3, -0.25) is 4.99 Å². The highest BCUT2D eigenvalue weighted by atomic mass is 15.2. The van der Waals surface area contributed by atoms with Crippen LogP contribution in [0.3, 0.4) is 0 Å². The van der Waals surface area contributed by atoms with E-state index in [1.165, 1.54) is 44.1 Å². The van der Waals surface area contributed by atoms with E-state index < -0.39 is 0 Å². The van der Waals surface area contributed by atoms with E-state index in [1.54, 1.807) is 0 Å². The summed E-state index contributed by atoms with van der Waals surface area (Å²) in [6, 6.07) is 11.1. The Kier molecular flexibility index (Phi) is 5.77. The standard InChI is InChI=1S/C20H32N4/c1-16(18-8-4-3-5-9-18)24-20(12-6-7-13-20)15-23-19(21-2)22-14-17-10-11-17/h3-5,8-9,16-17,24H,6-7,10-15H2,1-2H3,(H2,21,22,23). The predicted octanol–water partition coefficient (Wildman–Crippen LogP) is 3.23. The zero-order valence-corrected chi connectivity index (χ0v) is 15.1. The van der Waals surface area contributed by atoms with E-state index in [9.17, 15) is 0 Å². The zero-order chi connectivity index (χ0) is 16.8. The molecule has 0 saturated heterocycles. The fraction of sp³-hybridized carbons (Fsp3) is 0.650. The van der Waals surface area contributed by atoms with Gasteiger partial charge in [-0.2, -0.15) is 0 Å². The quantitative estimate of drug-likeness (QED) is 0.532. The predicted molar refractivity (Wildman–Crippen MR) is 101 cm³/mol. The maximum Gasteiger partial charge on any atom is 0.191 e. The van der Waals surface area contributed by atoms with E-state index in [1.807, 2.05) is 7.05 Å². The molecule has 4 nitrogen and oxygen atoms in total. The van der Waals surface area contributed by atoms with Gasteiger partial charge in [0.2, 0.25) is 0 Å². The molecule has 3 rings (SSSR count). The maximum absolute atomic E-state index is 4.38. The summed E-state index contributed by atoms with van der Waals surface area (Å²) in [5.74, 6) is 1.81. The van der Waals surface area contributed by atoms with Crippen LogP contribution in [0.2, 0.25) is 0 Å². The molecule has 24 heavy (non-hydrogen) atoms. The Labute approximate surface area is 146 Å². The summed E-state index contributed by atoms with van der Waals surface area (Å²) in [6.07, 6.45) is 7.82. The fourth-order valence-electron chi connectivity index (χ4n) is 3.74. The summed E-state index contributed by atoms with van der Waals surface area (Å²) in [5, 5.41) is 11.0. The number of rotatable bonds is 7. The molecule has 2 saturated carbocycles. The van der Waals surface area contributed by atoms with Crippen LogP contribution >= 0.6 is 0 Å². The van der Waals surface area contributed by atoms with Gasteiger partial charge in [0.25, 0.3) is 0 Å². The van der Waals surface area contributed by atoms with E-state index in [4.69, 9.17) is 0 Å². The first-order chi connectivity index (χ1) is 11.7. The molecule has 0 heterocycles. The van der Waals surface area contributed by atoms with Gasteiger partial charge in [-0.15, -0.1) is 0 Å². The van der Waals surface area contributed by atoms with Crippen LogP contribution in [0.4, 0.5) is 0 Å². The van der Waals surface area contributed by atoms with Crippen LogP contribution in [0.15, 0.2) is 35.3 Å². The first-order valence-corrected chi connectivity index (χ1v) is 9.48. The third kappa shape index (κ3) is 4.73. The smallest absolute Gasteiger partial charge is 0.191 e. The van der Waals surface area contributed by atoms with Gasteiger partial charge in [0, 0.05) is 31.7 Å². The first kappa shape index (κ1) is 17.3. The summed E-state index contributed by atoms with van der Waals surface area (Å²) in [6.45, 7) is 4.27. The number of hydrogen-bond acceptors (Lipinski definition) is 2. The third-order valence-corrected chi connectivity index (χ3v) is 5.46. The molecule has 0 bridgehead atoms. The van der Waals surface area contributed by atoms with Crippen LogP contribution < -0.4 is 16.0 Å². The third-order valence-electron chi connectivity index (χ3n) is 5.46. The van der Waals surface area contributed by atoms with Gasteiger partial charge in [0.05, 0.1) is 0 Å². The Morgan fingerprint density at radius 2 is 1.88 bits per heavy atom. The van der Waals surface area contributed by atoms with Gasteiger partial charge >= 0.3 is 0 Å². The molecule has 132 valence electrons. The number of hydrogen-bond donors (Lipinski definition) is 3. The van der Waals surface area contributed by atoms with Crippen molar-refractivity contribution in [2.45, 2.75) is 57.0 Å². The summed E-state index contributed by atoms with van der Waals surface area (Å²) < 4.78 is 0. The van der Waals surface area contributed by atoms with Crippen molar-refractivity contribution in [2.75, 3.05) is 20.1 Å². The Hall–Kier alpha value is -1.55. The largest absolute Gasteiger partial charge is 0.356 e. The van der Waals surface area contributed by atoms with Crippen molar-refractivity contribution in [2.24, 2.45) is 10.9 Å². The molecule has 2 aliphatic carbocycles. The average molecular weight is 329 g/mol. The molecule has 1 unspecified atom stereocenters. The molecule has 1 atom stereocenters. The van der Waals surface area contributed by atoms with Crippen molar-refractivity contribution in [3.05, 3.63) is 35.9 Å². The minimum atomic E-state index is 0.173. The van der Waals surface area contributed by atoms with Gasteiger partial charge in [-0.25, -0.2) is 0 Å². The molecule has 3 N–H and O–H groups in total. The van der Waals surface area contributed by atoms with Gasteiger partial charge in [-0.1, -0.05) is 43.2 Å². The average Bonchev–Trinajstić information content (AvgIpc) is 3.34. The van der Waals surface area contributed by atoms with Crippen LogP contribution in [0.5, 0.6) is 0 Å². The lowest BCUT2D eigenvalue weighted by atomic mass is 9.94. The molecule has 1 aromatic rings. The monoisotopic (exact) mass is 328 g/mol. The lowest BCUT2D eigenvalue weighted by Gasteiger charge is -2.35. The second-order valence-electron chi connectivity index (χ2n) is 7.51. The van der Waals surface area contributed by atoms with Crippen molar-refractivity contribution in [1.82, 2.24) is 16.0 Å². The van der Waals surface area contributed by atoms with Crippen LogP contribution in [-0.2, 0) is 0 Å². The highest BCUT2D eigenvalue weighted by molar-refractivity contribution is 5.79. The van der Waals surface area contributed by atoms with E-state index >= 15 is 0 Å². The molecule has 2 aliphatic rings. The van der Waals surface area contributed by atoms with Gasteiger partial charge in [-0.05, 0) is 44.1 Å². The van der Waals surface area contributed by atoms with Crippen LogP contribution in [0.1, 0.15) is 57.1 Å². The molecular formula is C20H32N4. The maximum atomic E-state index is 4.38. The minimum absolute atomic E-state index is 0.173. The van der Waals surface area contributed by atoms with Crippen molar-refractivity contribution in [3.63, 3.8) is 0 Å². The van der Waals surface area contributed by atoms with Crippen molar-refractivity contribution in [3.8, 4) is 0 Å². The topological polar surface area (TPSA) is 48.5 Å². The van der Waals surface area contributed by atoms with Gasteiger partial charge in [0.1, 0.15) is 0 Å². The van der Waals surface area contributed by atoms with Crippen molar-refractivity contribution < 1.29 is 0 Å². The van der Waals surface area contributed by atoms with E-state index in [-0.39, 0.29) is 5.54 Å². The van der Waals surface area contributed by atoms with Gasteiger partial charge in [0.15, 0.2) is 5.96 Å². The highest BCUT2D eigenvalue weighted by Gasteiger charge is 2.35. The number of aliphatic imine (C=N–C) groups is 1. The Balaban J connectivity index is 1.56. The molecule has 4 heteroatoms. The Morgan fingerprint density at radius 3 is 2.50 bits per heavy atom. The molecule has 0 aliphatic heterocycles. The molecule has 0 radical (unpaired) electrons. The number of nitrogens with one attached hydrogen (secondary N) is 3. The molecular weight excluding hydrogens is 296 g/mol. The summed E-state index contributed by atoms with van der Waals surface area (Å²) in [7, 11) is 1.86. The number of benzene rings is 1. The van der Waals surface area contributed by atoms with Gasteiger partial charge < -0.3 is 16.0 Å². The molecule has 0 spiro atoms. The lowest BCUT2D eigenvalue weighted by molar-refractivity contribution is 0.297. The zero-order valence-electron chi connectivity index (χ0n) is 15.1. The Bertz CT molecular complexity index is 530. The fourth-order valence-corrected chi connectivity index (χ4v) is 3.74. The molecule has 1 aromatic carbocycles. The second-order valence-corrected chi connectivity index (χ2v) is 7.51. The second kappa shape index (κ2) is 8.02. The van der Waals surface area contributed by atoms with Crippen molar-refractivity contribution >= 4 is 5.96 Å². The summed E-state index contributed by atoms with van der Waals surface area (Å²) >= 11 is 0. The first-order valence-electron chi connectivity index (χ1n) is 9.48.